The molecule has 0 saturated carbocycles. The van der Waals surface area contributed by atoms with Gasteiger partial charge in [0.2, 0.25) is 0 Å². The smallest absolute Gasteiger partial charge is 0.140 e. The third kappa shape index (κ3) is 3.43. The molecule has 2 rings (SSSR count). The van der Waals surface area contributed by atoms with Crippen LogP contribution in [-0.4, -0.2) is 30.3 Å². The van der Waals surface area contributed by atoms with Crippen molar-refractivity contribution in [3.63, 3.8) is 0 Å². The summed E-state index contributed by atoms with van der Waals surface area (Å²) in [7, 11) is 0. The minimum absolute atomic E-state index is 0.215. The lowest BCUT2D eigenvalue weighted by atomic mass is 10.2. The number of aryl methyl sites for hydroxylation is 1. The van der Waals surface area contributed by atoms with E-state index in [1.165, 1.54) is 0 Å². The first kappa shape index (κ1) is 13.3. The van der Waals surface area contributed by atoms with Gasteiger partial charge in [0.25, 0.3) is 0 Å². The van der Waals surface area contributed by atoms with Crippen LogP contribution in [0.1, 0.15) is 31.2 Å². The molecule has 1 aliphatic heterocycles. The predicted octanol–water partition coefficient (Wildman–Crippen LogP) is 1.84. The lowest BCUT2D eigenvalue weighted by Crippen LogP contribution is -2.19. The molecule has 0 bridgehead atoms. The molecule has 2 N–H and O–H groups in total. The van der Waals surface area contributed by atoms with Crippen molar-refractivity contribution in [2.24, 2.45) is 5.73 Å². The number of hydrogen-bond donors (Lipinski definition) is 1. The summed E-state index contributed by atoms with van der Waals surface area (Å²) >= 11 is 0. The Kier molecular flexibility index (Phi) is 4.55. The lowest BCUT2D eigenvalue weighted by molar-refractivity contribution is 0.0261. The van der Waals surface area contributed by atoms with Gasteiger partial charge in [0.1, 0.15) is 12.4 Å². The van der Waals surface area contributed by atoms with E-state index in [1.54, 1.807) is 0 Å². The van der Waals surface area contributed by atoms with Crippen LogP contribution >= 0.6 is 0 Å². The summed E-state index contributed by atoms with van der Waals surface area (Å²) in [5.74, 6) is 0.842. The Morgan fingerprint density at radius 2 is 2.28 bits per heavy atom. The molecule has 0 aliphatic carbocycles. The van der Waals surface area contributed by atoms with Crippen LogP contribution in [0, 0.1) is 6.92 Å². The number of ether oxygens (including phenoxy) is 2. The molecule has 1 fully saturated rings. The molecule has 4 nitrogen and oxygen atoms in total. The molecule has 4 heteroatoms. The molecule has 18 heavy (non-hydrogen) atoms. The van der Waals surface area contributed by atoms with Crippen LogP contribution in [-0.2, 0) is 11.2 Å². The van der Waals surface area contributed by atoms with Crippen LogP contribution in [0.4, 0.5) is 0 Å². The predicted molar refractivity (Wildman–Crippen MR) is 70.8 cm³/mol. The maximum Gasteiger partial charge on any atom is 0.140 e. The van der Waals surface area contributed by atoms with E-state index in [2.05, 4.69) is 11.9 Å². The zero-order valence-electron chi connectivity index (χ0n) is 11.2. The fourth-order valence-electron chi connectivity index (χ4n) is 2.24. The minimum atomic E-state index is 0.215. The first-order chi connectivity index (χ1) is 8.69. The van der Waals surface area contributed by atoms with E-state index in [4.69, 9.17) is 15.2 Å². The second-order valence-corrected chi connectivity index (χ2v) is 4.89. The Bertz CT molecular complexity index is 395. The third-order valence-corrected chi connectivity index (χ3v) is 3.20. The van der Waals surface area contributed by atoms with Crippen LogP contribution in [0.5, 0.6) is 5.75 Å². The highest BCUT2D eigenvalue weighted by molar-refractivity contribution is 5.29. The van der Waals surface area contributed by atoms with Crippen LogP contribution in [0.25, 0.3) is 0 Å². The summed E-state index contributed by atoms with van der Waals surface area (Å²) in [6, 6.07) is 3.94. The molecule has 1 aromatic heterocycles. The molecule has 0 spiro atoms. The van der Waals surface area contributed by atoms with Crippen molar-refractivity contribution in [3.8, 4) is 5.75 Å². The molecule has 0 amide bonds. The van der Waals surface area contributed by atoms with Crippen molar-refractivity contribution in [1.29, 1.82) is 0 Å². The van der Waals surface area contributed by atoms with E-state index < -0.39 is 0 Å². The van der Waals surface area contributed by atoms with Crippen molar-refractivity contribution < 1.29 is 9.47 Å². The molecule has 2 unspecified atom stereocenters. The first-order valence-corrected chi connectivity index (χ1v) is 6.64. The summed E-state index contributed by atoms with van der Waals surface area (Å²) in [5.41, 5.74) is 7.54. The Morgan fingerprint density at radius 1 is 1.44 bits per heavy atom. The second-order valence-electron chi connectivity index (χ2n) is 4.89. The molecular formula is C14H22N2O2. The number of nitrogens with two attached hydrogens (primary N) is 1. The fraction of sp³-hybridized carbons (Fsp3) is 0.643. The van der Waals surface area contributed by atoms with Crippen molar-refractivity contribution in [2.75, 3.05) is 13.2 Å². The van der Waals surface area contributed by atoms with E-state index >= 15 is 0 Å². The zero-order chi connectivity index (χ0) is 13.0. The van der Waals surface area contributed by atoms with E-state index in [0.29, 0.717) is 19.3 Å². The monoisotopic (exact) mass is 250 g/mol. The van der Waals surface area contributed by atoms with E-state index in [0.717, 1.165) is 36.4 Å². The molecule has 0 aromatic carbocycles. The highest BCUT2D eigenvalue weighted by atomic mass is 16.5. The van der Waals surface area contributed by atoms with Crippen molar-refractivity contribution >= 4 is 0 Å². The van der Waals surface area contributed by atoms with Gasteiger partial charge < -0.3 is 15.2 Å². The molecule has 2 atom stereocenters. The van der Waals surface area contributed by atoms with Gasteiger partial charge >= 0.3 is 0 Å². The van der Waals surface area contributed by atoms with Gasteiger partial charge in [0, 0.05) is 12.1 Å². The van der Waals surface area contributed by atoms with Crippen molar-refractivity contribution in [3.05, 3.63) is 23.5 Å². The standard InChI is InChI=1S/C14H22N2O2/c1-10-3-6-14(13(16-10)7-8-15)17-9-12-5-4-11(2)18-12/h3,6,11-12H,4-5,7-9,15H2,1-2H3. The van der Waals surface area contributed by atoms with Gasteiger partial charge in [0.15, 0.2) is 0 Å². The minimum Gasteiger partial charge on any atom is -0.489 e. The first-order valence-electron chi connectivity index (χ1n) is 6.64. The third-order valence-electron chi connectivity index (χ3n) is 3.20. The molecule has 1 aromatic rings. The molecule has 2 heterocycles. The number of pyridine rings is 1. The van der Waals surface area contributed by atoms with Crippen molar-refractivity contribution in [2.45, 2.75) is 45.3 Å². The normalized spacial score (nSPS) is 23.3. The topological polar surface area (TPSA) is 57.4 Å². The highest BCUT2D eigenvalue weighted by Crippen LogP contribution is 2.22. The van der Waals surface area contributed by atoms with Gasteiger partial charge in [-0.05, 0) is 45.4 Å². The number of rotatable bonds is 5. The zero-order valence-corrected chi connectivity index (χ0v) is 11.2. The van der Waals surface area contributed by atoms with E-state index in [9.17, 15) is 0 Å². The summed E-state index contributed by atoms with van der Waals surface area (Å²) in [6.07, 6.45) is 3.52. The maximum atomic E-state index is 5.83. The molecule has 100 valence electrons. The van der Waals surface area contributed by atoms with E-state index in [1.807, 2.05) is 19.1 Å². The maximum absolute atomic E-state index is 5.83. The van der Waals surface area contributed by atoms with Crippen LogP contribution in [0.15, 0.2) is 12.1 Å². The SMILES string of the molecule is Cc1ccc(OCC2CCC(C)O2)c(CCN)n1. The van der Waals surface area contributed by atoms with Gasteiger partial charge in [-0.1, -0.05) is 0 Å². The molecule has 1 saturated heterocycles. The number of aromatic nitrogens is 1. The second kappa shape index (κ2) is 6.16. The quantitative estimate of drug-likeness (QED) is 0.866. The summed E-state index contributed by atoms with van der Waals surface area (Å²) in [4.78, 5) is 4.48. The molecule has 0 radical (unpaired) electrons. The fourth-order valence-corrected chi connectivity index (χ4v) is 2.24. The summed E-state index contributed by atoms with van der Waals surface area (Å²) in [6.45, 7) is 5.27. The Morgan fingerprint density at radius 3 is 2.94 bits per heavy atom. The summed E-state index contributed by atoms with van der Waals surface area (Å²) < 4.78 is 11.6. The van der Waals surface area contributed by atoms with Gasteiger partial charge in [-0.3, -0.25) is 4.98 Å². The average Bonchev–Trinajstić information content (AvgIpc) is 2.75. The Hall–Kier alpha value is -1.13. The largest absolute Gasteiger partial charge is 0.489 e. The molecule has 1 aliphatic rings. The summed E-state index contributed by atoms with van der Waals surface area (Å²) in [5, 5.41) is 0. The Balaban J connectivity index is 1.95. The number of nitrogens with zero attached hydrogens (tertiary/aromatic N) is 1. The van der Waals surface area contributed by atoms with Gasteiger partial charge in [-0.2, -0.15) is 0 Å². The van der Waals surface area contributed by atoms with Crippen LogP contribution in [0.2, 0.25) is 0 Å². The van der Waals surface area contributed by atoms with Gasteiger partial charge in [0.05, 0.1) is 17.9 Å². The van der Waals surface area contributed by atoms with Crippen LogP contribution in [0.3, 0.4) is 0 Å². The van der Waals surface area contributed by atoms with E-state index in [-0.39, 0.29) is 6.10 Å². The van der Waals surface area contributed by atoms with Gasteiger partial charge in [-0.25, -0.2) is 0 Å². The van der Waals surface area contributed by atoms with Crippen LogP contribution < -0.4 is 10.5 Å². The lowest BCUT2D eigenvalue weighted by Gasteiger charge is -2.15. The average molecular weight is 250 g/mol. The number of hydrogen-bond acceptors (Lipinski definition) is 4. The van der Waals surface area contributed by atoms with Gasteiger partial charge in [-0.15, -0.1) is 0 Å². The molecular weight excluding hydrogens is 228 g/mol. The van der Waals surface area contributed by atoms with Crippen molar-refractivity contribution in [1.82, 2.24) is 4.98 Å². The highest BCUT2D eigenvalue weighted by Gasteiger charge is 2.22. The Labute approximate surface area is 108 Å².